The Morgan fingerprint density at radius 2 is 1.67 bits per heavy atom. The molecule has 1 fully saturated rings. The highest BCUT2D eigenvalue weighted by molar-refractivity contribution is 7.88. The van der Waals surface area contributed by atoms with Crippen molar-refractivity contribution in [3.05, 3.63) is 53.1 Å². The van der Waals surface area contributed by atoms with E-state index in [-0.39, 0.29) is 30.2 Å². The molecule has 12 nitrogen and oxygen atoms in total. The summed E-state index contributed by atoms with van der Waals surface area (Å²) in [6.45, 7) is 10.5. The number of nitrogens with one attached hydrogen (secondary N) is 3. The van der Waals surface area contributed by atoms with E-state index in [4.69, 9.17) is 9.47 Å². The van der Waals surface area contributed by atoms with Crippen LogP contribution in [0.3, 0.4) is 0 Å². The van der Waals surface area contributed by atoms with Crippen LogP contribution in [0.1, 0.15) is 69.4 Å². The van der Waals surface area contributed by atoms with E-state index in [1.807, 2.05) is 20.8 Å². The molecule has 42 heavy (non-hydrogen) atoms. The van der Waals surface area contributed by atoms with E-state index in [2.05, 4.69) is 15.4 Å². The zero-order valence-electron chi connectivity index (χ0n) is 24.9. The molecule has 0 aromatic heterocycles. The third kappa shape index (κ3) is 8.29. The molecule has 0 spiro atoms. The van der Waals surface area contributed by atoms with Crippen LogP contribution in [0.25, 0.3) is 0 Å². The maximum absolute atomic E-state index is 13.5. The highest BCUT2D eigenvalue weighted by atomic mass is 32.2. The normalized spacial score (nSPS) is 14.3. The minimum Gasteiger partial charge on any atom is -0.496 e. The van der Waals surface area contributed by atoms with Crippen molar-refractivity contribution in [1.82, 2.24) is 10.0 Å². The topological polar surface area (TPSA) is 160 Å². The maximum Gasteiger partial charge on any atom is 0.328 e. The highest BCUT2D eigenvalue weighted by Crippen LogP contribution is 2.38. The van der Waals surface area contributed by atoms with Gasteiger partial charge in [-0.2, -0.15) is 4.72 Å². The highest BCUT2D eigenvalue weighted by Gasteiger charge is 2.30. The molecular formula is C29H38N4O8S. The number of sulfonamides is 1. The van der Waals surface area contributed by atoms with Gasteiger partial charge in [-0.15, -0.1) is 0 Å². The minimum atomic E-state index is -3.80. The van der Waals surface area contributed by atoms with Gasteiger partial charge in [0.2, 0.25) is 15.9 Å². The summed E-state index contributed by atoms with van der Waals surface area (Å²) in [5.41, 5.74) is 0.960. The number of nitrogens with zero attached hydrogens (tertiary/aromatic N) is 1. The average molecular weight is 603 g/mol. The Balaban J connectivity index is 1.79. The van der Waals surface area contributed by atoms with Crippen molar-refractivity contribution in [1.29, 1.82) is 0 Å². The lowest BCUT2D eigenvalue weighted by Gasteiger charge is -2.30. The van der Waals surface area contributed by atoms with Crippen molar-refractivity contribution >= 4 is 45.2 Å². The predicted octanol–water partition coefficient (Wildman–Crippen LogP) is 3.66. The molecule has 228 valence electrons. The summed E-state index contributed by atoms with van der Waals surface area (Å²) in [4.78, 5) is 50.9. The Bertz CT molecular complexity index is 1470. The molecule has 1 aliphatic heterocycles. The minimum absolute atomic E-state index is 0.129. The largest absolute Gasteiger partial charge is 0.496 e. The van der Waals surface area contributed by atoms with Gasteiger partial charge in [0.1, 0.15) is 5.75 Å². The van der Waals surface area contributed by atoms with Crippen molar-refractivity contribution < 1.29 is 37.1 Å². The number of anilines is 2. The van der Waals surface area contributed by atoms with Crippen molar-refractivity contribution in [3.8, 4) is 5.75 Å². The van der Waals surface area contributed by atoms with Crippen LogP contribution in [-0.4, -0.2) is 52.6 Å². The second-order valence-corrected chi connectivity index (χ2v) is 13.8. The summed E-state index contributed by atoms with van der Waals surface area (Å²) in [5, 5.41) is 5.09. The molecule has 2 aromatic carbocycles. The molecule has 0 aliphatic carbocycles. The van der Waals surface area contributed by atoms with Gasteiger partial charge in [-0.3, -0.25) is 24.6 Å². The number of rotatable bonds is 9. The average Bonchev–Trinajstić information content (AvgIpc) is 2.87. The van der Waals surface area contributed by atoms with E-state index < -0.39 is 45.5 Å². The second-order valence-electron chi connectivity index (χ2n) is 12.0. The third-order valence-corrected chi connectivity index (χ3v) is 7.63. The van der Waals surface area contributed by atoms with E-state index >= 15 is 0 Å². The Labute approximate surface area is 246 Å². The fourth-order valence-corrected chi connectivity index (χ4v) is 5.05. The van der Waals surface area contributed by atoms with Gasteiger partial charge in [-0.05, 0) is 56.0 Å². The summed E-state index contributed by atoms with van der Waals surface area (Å²) in [7, 11) is -2.34. The number of ether oxygens (including phenoxy) is 2. The number of imide groups is 1. The second kappa shape index (κ2) is 12.5. The van der Waals surface area contributed by atoms with Crippen LogP contribution < -0.4 is 25.0 Å². The van der Waals surface area contributed by atoms with E-state index in [1.165, 1.54) is 18.1 Å². The number of urea groups is 1. The van der Waals surface area contributed by atoms with Crippen LogP contribution in [0.2, 0.25) is 0 Å². The number of methoxy groups -OCH3 is 1. The Morgan fingerprint density at radius 3 is 2.21 bits per heavy atom. The van der Waals surface area contributed by atoms with Crippen LogP contribution in [0.5, 0.6) is 5.75 Å². The van der Waals surface area contributed by atoms with Gasteiger partial charge >= 0.3 is 12.0 Å². The molecule has 0 radical (unpaired) electrons. The molecule has 3 N–H and O–H groups in total. The van der Waals surface area contributed by atoms with Crippen molar-refractivity contribution in [3.63, 3.8) is 0 Å². The van der Waals surface area contributed by atoms with Crippen LogP contribution >= 0.6 is 0 Å². The first kappa shape index (κ1) is 32.5. The molecular weight excluding hydrogens is 564 g/mol. The number of esters is 1. The Hall–Kier alpha value is -3.97. The fraction of sp³-hybridized carbons (Fsp3) is 0.448. The number of amides is 4. The Kier molecular flexibility index (Phi) is 9.68. The van der Waals surface area contributed by atoms with Crippen LogP contribution in [0, 0.1) is 5.41 Å². The zero-order valence-corrected chi connectivity index (χ0v) is 25.7. The van der Waals surface area contributed by atoms with Crippen molar-refractivity contribution in [2.75, 3.05) is 30.6 Å². The molecule has 2 aromatic rings. The van der Waals surface area contributed by atoms with E-state index in [0.717, 1.165) is 0 Å². The first-order chi connectivity index (χ1) is 19.4. The van der Waals surface area contributed by atoms with Crippen LogP contribution in [0.4, 0.5) is 16.2 Å². The van der Waals surface area contributed by atoms with Gasteiger partial charge in [0.05, 0.1) is 23.8 Å². The number of carbonyl (C=O) groups excluding carboxylic acids is 4. The molecule has 3 rings (SSSR count). The first-order valence-corrected chi connectivity index (χ1v) is 15.0. The van der Waals surface area contributed by atoms with Gasteiger partial charge in [-0.1, -0.05) is 32.9 Å². The number of carbonyl (C=O) groups is 4. The number of benzene rings is 2. The molecule has 0 atom stereocenters. The van der Waals surface area contributed by atoms with E-state index in [1.54, 1.807) is 51.1 Å². The standard InChI is InChI=1S/C29H38N4O8S/c1-28(2,3)22-15-20(33-13-12-23(34)32-27(33)37)14-21(24(22)40-7)25(35)31-19-10-8-18(9-11-19)16-42(38,39)30-17-41-26(36)29(4,5)6/h8-11,14-15,30H,12-13,16-17H2,1-7H3,(H,31,35)(H,32,34,37). The molecule has 0 unspecified atom stereocenters. The predicted molar refractivity (Wildman–Crippen MR) is 158 cm³/mol. The molecule has 0 bridgehead atoms. The molecule has 1 heterocycles. The zero-order chi connectivity index (χ0) is 31.5. The molecule has 1 saturated heterocycles. The van der Waals surface area contributed by atoms with Crippen molar-refractivity contribution in [2.24, 2.45) is 5.41 Å². The molecule has 1 aliphatic rings. The van der Waals surface area contributed by atoms with Crippen molar-refractivity contribution in [2.45, 2.75) is 59.1 Å². The summed E-state index contributed by atoms with van der Waals surface area (Å²) in [5.74, 6) is -1.42. The Morgan fingerprint density at radius 1 is 1.02 bits per heavy atom. The third-order valence-electron chi connectivity index (χ3n) is 6.36. The molecule has 4 amide bonds. The summed E-state index contributed by atoms with van der Waals surface area (Å²) >= 11 is 0. The lowest BCUT2D eigenvalue weighted by molar-refractivity contribution is -0.153. The summed E-state index contributed by atoms with van der Waals surface area (Å²) in [6, 6.07) is 8.98. The SMILES string of the molecule is COc1c(C(=O)Nc2ccc(CS(=O)(=O)NCOC(=O)C(C)(C)C)cc2)cc(N2CCC(=O)NC2=O)cc1C(C)(C)C. The smallest absolute Gasteiger partial charge is 0.328 e. The molecule has 13 heteroatoms. The van der Waals surface area contributed by atoms with Gasteiger partial charge in [0.15, 0.2) is 6.73 Å². The molecule has 0 saturated carbocycles. The van der Waals surface area contributed by atoms with Gasteiger partial charge in [-0.25, -0.2) is 13.2 Å². The lowest BCUT2D eigenvalue weighted by atomic mass is 9.84. The van der Waals surface area contributed by atoms with E-state index in [0.29, 0.717) is 28.3 Å². The van der Waals surface area contributed by atoms with Crippen LogP contribution in [-0.2, 0) is 35.5 Å². The van der Waals surface area contributed by atoms with E-state index in [9.17, 15) is 27.6 Å². The maximum atomic E-state index is 13.5. The van der Waals surface area contributed by atoms with Gasteiger partial charge in [0, 0.05) is 29.9 Å². The fourth-order valence-electron chi connectivity index (χ4n) is 4.08. The quantitative estimate of drug-likeness (QED) is 0.290. The van der Waals surface area contributed by atoms with Crippen LogP contribution in [0.15, 0.2) is 36.4 Å². The van der Waals surface area contributed by atoms with Gasteiger partial charge in [0.25, 0.3) is 5.91 Å². The van der Waals surface area contributed by atoms with Gasteiger partial charge < -0.3 is 14.8 Å². The summed E-state index contributed by atoms with van der Waals surface area (Å²) in [6.07, 6.45) is 0.129. The number of hydrogen-bond acceptors (Lipinski definition) is 8. The summed E-state index contributed by atoms with van der Waals surface area (Å²) < 4.78 is 37.7. The monoisotopic (exact) mass is 602 g/mol. The first-order valence-electron chi connectivity index (χ1n) is 13.3. The number of hydrogen-bond donors (Lipinski definition) is 3. The lowest BCUT2D eigenvalue weighted by Crippen LogP contribution is -2.49.